The van der Waals surface area contributed by atoms with E-state index in [-0.39, 0.29) is 5.91 Å². The molecule has 152 valence electrons. The Morgan fingerprint density at radius 2 is 1.77 bits per heavy atom. The minimum atomic E-state index is -0.212. The van der Waals surface area contributed by atoms with Gasteiger partial charge in [0.15, 0.2) is 0 Å². The molecule has 7 heteroatoms. The van der Waals surface area contributed by atoms with Gasteiger partial charge in [0.2, 0.25) is 0 Å². The molecule has 1 N–H and O–H groups in total. The summed E-state index contributed by atoms with van der Waals surface area (Å²) in [5.74, 6) is -0.212. The molecule has 0 aliphatic heterocycles. The van der Waals surface area contributed by atoms with E-state index in [1.807, 2.05) is 30.3 Å². The van der Waals surface area contributed by atoms with E-state index in [1.54, 1.807) is 23.0 Å². The van der Waals surface area contributed by atoms with Crippen LogP contribution in [0.15, 0.2) is 60.7 Å². The van der Waals surface area contributed by atoms with Crippen LogP contribution < -0.4 is 5.32 Å². The van der Waals surface area contributed by atoms with Crippen LogP contribution in [-0.2, 0) is 6.42 Å². The molecular weight excluding hydrogens is 511 g/mol. The fourth-order valence-corrected chi connectivity index (χ4v) is 4.00. The van der Waals surface area contributed by atoms with Crippen LogP contribution in [0.2, 0.25) is 5.02 Å². The largest absolute Gasteiger partial charge is 0.321 e. The van der Waals surface area contributed by atoms with Crippen molar-refractivity contribution in [1.29, 1.82) is 0 Å². The van der Waals surface area contributed by atoms with Gasteiger partial charge in [-0.1, -0.05) is 49.2 Å². The minimum Gasteiger partial charge on any atom is -0.321 e. The first-order valence-electron chi connectivity index (χ1n) is 9.77. The number of halogens is 2. The van der Waals surface area contributed by atoms with Crippen LogP contribution in [0.5, 0.6) is 0 Å². The number of nitrogens with one attached hydrogen (secondary N) is 1. The van der Waals surface area contributed by atoms with Crippen LogP contribution in [0, 0.1) is 3.57 Å². The van der Waals surface area contributed by atoms with Crippen molar-refractivity contribution >= 4 is 56.8 Å². The standard InChI is InChI=1S/C23H20ClIN4O/c1-2-3-6-15-9-11-16(12-10-15)29-27-21-13-18(24)20(14-22(21)28-29)26-23(30)17-7-4-5-8-19(17)25/h4-5,7-14H,2-3,6H2,1H3,(H,26,30). The number of aromatic nitrogens is 3. The molecule has 0 spiro atoms. The molecule has 0 fully saturated rings. The second-order valence-corrected chi connectivity index (χ2v) is 8.58. The highest BCUT2D eigenvalue weighted by molar-refractivity contribution is 14.1. The summed E-state index contributed by atoms with van der Waals surface area (Å²) in [6.07, 6.45) is 3.43. The van der Waals surface area contributed by atoms with Gasteiger partial charge in [0, 0.05) is 3.57 Å². The molecule has 1 heterocycles. The maximum atomic E-state index is 12.6. The first-order chi connectivity index (χ1) is 14.5. The van der Waals surface area contributed by atoms with E-state index in [9.17, 15) is 4.79 Å². The van der Waals surface area contributed by atoms with Crippen molar-refractivity contribution in [3.8, 4) is 5.69 Å². The molecule has 4 aromatic rings. The molecule has 0 aliphatic rings. The predicted molar refractivity (Wildman–Crippen MR) is 130 cm³/mol. The first kappa shape index (κ1) is 20.8. The number of benzene rings is 3. The van der Waals surface area contributed by atoms with E-state index < -0.39 is 0 Å². The molecule has 0 unspecified atom stereocenters. The SMILES string of the molecule is CCCCc1ccc(-n2nc3cc(Cl)c(NC(=O)c4ccccc4I)cc3n2)cc1. The monoisotopic (exact) mass is 530 g/mol. The van der Waals surface area contributed by atoms with Gasteiger partial charge in [0.05, 0.1) is 22.0 Å². The van der Waals surface area contributed by atoms with Crippen molar-refractivity contribution in [3.63, 3.8) is 0 Å². The number of aryl methyl sites for hydroxylation is 1. The zero-order valence-corrected chi connectivity index (χ0v) is 19.3. The molecule has 0 aliphatic carbocycles. The van der Waals surface area contributed by atoms with E-state index in [4.69, 9.17) is 11.6 Å². The Morgan fingerprint density at radius 1 is 1.07 bits per heavy atom. The molecule has 4 rings (SSSR count). The van der Waals surface area contributed by atoms with E-state index in [0.29, 0.717) is 27.3 Å². The predicted octanol–water partition coefficient (Wildman–Crippen LogP) is 6.27. The summed E-state index contributed by atoms with van der Waals surface area (Å²) in [5.41, 5.74) is 4.62. The lowest BCUT2D eigenvalue weighted by Gasteiger charge is -2.08. The number of carbonyl (C=O) groups excluding carboxylic acids is 1. The van der Waals surface area contributed by atoms with Gasteiger partial charge in [-0.3, -0.25) is 4.79 Å². The Labute approximate surface area is 193 Å². The van der Waals surface area contributed by atoms with Crippen molar-refractivity contribution in [2.24, 2.45) is 0 Å². The number of nitrogens with zero attached hydrogens (tertiary/aromatic N) is 3. The molecule has 3 aromatic carbocycles. The fraction of sp³-hybridized carbons (Fsp3) is 0.174. The maximum absolute atomic E-state index is 12.6. The molecule has 0 saturated heterocycles. The number of anilines is 1. The number of amides is 1. The van der Waals surface area contributed by atoms with Crippen LogP contribution >= 0.6 is 34.2 Å². The molecular formula is C23H20ClIN4O. The second kappa shape index (κ2) is 9.14. The lowest BCUT2D eigenvalue weighted by molar-refractivity contribution is 0.102. The van der Waals surface area contributed by atoms with Crippen LogP contribution in [0.4, 0.5) is 5.69 Å². The van der Waals surface area contributed by atoms with Crippen LogP contribution in [0.1, 0.15) is 35.7 Å². The Hall–Kier alpha value is -2.45. The molecule has 0 radical (unpaired) electrons. The molecule has 1 amide bonds. The molecule has 5 nitrogen and oxygen atoms in total. The first-order valence-corrected chi connectivity index (χ1v) is 11.2. The quantitative estimate of drug-likeness (QED) is 0.299. The van der Waals surface area contributed by atoms with Gasteiger partial charge >= 0.3 is 0 Å². The third-order valence-electron chi connectivity index (χ3n) is 4.82. The van der Waals surface area contributed by atoms with Gasteiger partial charge in [-0.15, -0.1) is 10.2 Å². The Morgan fingerprint density at radius 3 is 2.47 bits per heavy atom. The van der Waals surface area contributed by atoms with Crippen molar-refractivity contribution < 1.29 is 4.79 Å². The highest BCUT2D eigenvalue weighted by Crippen LogP contribution is 2.28. The number of hydrogen-bond acceptors (Lipinski definition) is 3. The third-order valence-corrected chi connectivity index (χ3v) is 6.08. The smallest absolute Gasteiger partial charge is 0.256 e. The maximum Gasteiger partial charge on any atom is 0.256 e. The van der Waals surface area contributed by atoms with Crippen molar-refractivity contribution in [3.05, 3.63) is 80.4 Å². The fourth-order valence-electron chi connectivity index (χ4n) is 3.16. The van der Waals surface area contributed by atoms with Gasteiger partial charge in [0.1, 0.15) is 11.0 Å². The number of unbranched alkanes of at least 4 members (excludes halogenated alkanes) is 1. The summed E-state index contributed by atoms with van der Waals surface area (Å²) in [4.78, 5) is 14.2. The topological polar surface area (TPSA) is 59.8 Å². The van der Waals surface area contributed by atoms with Gasteiger partial charge in [0.25, 0.3) is 5.91 Å². The summed E-state index contributed by atoms with van der Waals surface area (Å²) in [6.45, 7) is 2.19. The van der Waals surface area contributed by atoms with Gasteiger partial charge in [-0.25, -0.2) is 0 Å². The average molecular weight is 531 g/mol. The molecule has 0 bridgehead atoms. The summed E-state index contributed by atoms with van der Waals surface area (Å²) < 4.78 is 0.873. The van der Waals surface area contributed by atoms with Crippen molar-refractivity contribution in [2.45, 2.75) is 26.2 Å². The zero-order chi connectivity index (χ0) is 21.1. The zero-order valence-electron chi connectivity index (χ0n) is 16.4. The molecule has 0 atom stereocenters. The lowest BCUT2D eigenvalue weighted by atomic mass is 10.1. The number of fused-ring (bicyclic) bond motifs is 1. The number of rotatable bonds is 6. The van der Waals surface area contributed by atoms with E-state index in [1.165, 1.54) is 18.4 Å². The van der Waals surface area contributed by atoms with E-state index in [2.05, 4.69) is 57.2 Å². The highest BCUT2D eigenvalue weighted by atomic mass is 127. The number of carbonyl (C=O) groups is 1. The van der Waals surface area contributed by atoms with Gasteiger partial charge in [-0.05, 0) is 77.4 Å². The van der Waals surface area contributed by atoms with Crippen LogP contribution in [-0.4, -0.2) is 20.9 Å². The van der Waals surface area contributed by atoms with Crippen LogP contribution in [0.25, 0.3) is 16.7 Å². The Kier molecular flexibility index (Phi) is 6.34. The lowest BCUT2D eigenvalue weighted by Crippen LogP contribution is -2.13. The average Bonchev–Trinajstić information content (AvgIpc) is 3.15. The summed E-state index contributed by atoms with van der Waals surface area (Å²) in [5, 5.41) is 12.4. The third kappa shape index (κ3) is 4.49. The normalized spacial score (nSPS) is 11.0. The van der Waals surface area contributed by atoms with Crippen molar-refractivity contribution in [2.75, 3.05) is 5.32 Å². The molecule has 1 aromatic heterocycles. The number of hydrogen-bond donors (Lipinski definition) is 1. The highest BCUT2D eigenvalue weighted by Gasteiger charge is 2.14. The molecule has 30 heavy (non-hydrogen) atoms. The minimum absolute atomic E-state index is 0.212. The Bertz CT molecular complexity index is 1200. The van der Waals surface area contributed by atoms with Crippen LogP contribution in [0.3, 0.4) is 0 Å². The Balaban J connectivity index is 1.60. The van der Waals surface area contributed by atoms with E-state index >= 15 is 0 Å². The van der Waals surface area contributed by atoms with Gasteiger partial charge in [-0.2, -0.15) is 4.80 Å². The summed E-state index contributed by atoms with van der Waals surface area (Å²) in [6, 6.07) is 19.1. The second-order valence-electron chi connectivity index (χ2n) is 7.01. The molecule has 0 saturated carbocycles. The van der Waals surface area contributed by atoms with E-state index in [0.717, 1.165) is 15.7 Å². The van der Waals surface area contributed by atoms with Gasteiger partial charge < -0.3 is 5.32 Å². The summed E-state index contributed by atoms with van der Waals surface area (Å²) >= 11 is 8.55. The van der Waals surface area contributed by atoms with Crippen molar-refractivity contribution in [1.82, 2.24) is 15.0 Å². The summed E-state index contributed by atoms with van der Waals surface area (Å²) in [7, 11) is 0.